The lowest BCUT2D eigenvalue weighted by Crippen LogP contribution is -2.51. The van der Waals surface area contributed by atoms with Gasteiger partial charge in [0.05, 0.1) is 6.17 Å². The van der Waals surface area contributed by atoms with E-state index in [-0.39, 0.29) is 0 Å². The van der Waals surface area contributed by atoms with Crippen molar-refractivity contribution in [2.45, 2.75) is 32.5 Å². The SMILES string of the molecule is C[C@@H]1N[C@@H](C)CCN1C. The largest absolute Gasteiger partial charge is 0.299 e. The first-order valence-corrected chi connectivity index (χ1v) is 3.66. The van der Waals surface area contributed by atoms with Gasteiger partial charge in [-0.25, -0.2) is 0 Å². The van der Waals surface area contributed by atoms with Gasteiger partial charge in [0.25, 0.3) is 0 Å². The summed E-state index contributed by atoms with van der Waals surface area (Å²) in [6.45, 7) is 5.68. The molecule has 1 aliphatic rings. The summed E-state index contributed by atoms with van der Waals surface area (Å²) in [5.74, 6) is 0. The van der Waals surface area contributed by atoms with Crippen LogP contribution in [-0.2, 0) is 0 Å². The highest BCUT2D eigenvalue weighted by Gasteiger charge is 2.17. The molecule has 0 bridgehead atoms. The van der Waals surface area contributed by atoms with E-state index in [0.717, 1.165) is 0 Å². The molecule has 1 heterocycles. The first-order valence-electron chi connectivity index (χ1n) is 3.66. The molecule has 0 spiro atoms. The standard InChI is InChI=1S/C7H16N2/c1-6-4-5-9(3)7(2)8-6/h6-8H,4-5H2,1-3H3/t6-,7+/m0/s1. The lowest BCUT2D eigenvalue weighted by atomic mass is 10.1. The maximum atomic E-state index is 3.45. The van der Waals surface area contributed by atoms with Gasteiger partial charge in [0.2, 0.25) is 0 Å². The van der Waals surface area contributed by atoms with Crippen molar-refractivity contribution in [1.82, 2.24) is 10.2 Å². The minimum atomic E-state index is 0.564. The summed E-state index contributed by atoms with van der Waals surface area (Å²) in [7, 11) is 2.16. The Bertz CT molecular complexity index is 92.9. The highest BCUT2D eigenvalue weighted by molar-refractivity contribution is 4.74. The lowest BCUT2D eigenvalue weighted by molar-refractivity contribution is 0.152. The van der Waals surface area contributed by atoms with Crippen LogP contribution in [0.15, 0.2) is 0 Å². The molecular weight excluding hydrogens is 112 g/mol. The van der Waals surface area contributed by atoms with E-state index in [1.165, 1.54) is 13.0 Å². The topological polar surface area (TPSA) is 15.3 Å². The molecular formula is C7H16N2. The summed E-state index contributed by atoms with van der Waals surface area (Å²) >= 11 is 0. The van der Waals surface area contributed by atoms with Gasteiger partial charge in [-0.15, -0.1) is 0 Å². The Kier molecular flexibility index (Phi) is 2.09. The Morgan fingerprint density at radius 2 is 2.11 bits per heavy atom. The van der Waals surface area contributed by atoms with Crippen molar-refractivity contribution < 1.29 is 0 Å². The number of hydrogen-bond acceptors (Lipinski definition) is 2. The van der Waals surface area contributed by atoms with Crippen LogP contribution in [0.3, 0.4) is 0 Å². The molecule has 0 unspecified atom stereocenters. The predicted octanol–water partition coefficient (Wildman–Crippen LogP) is 0.646. The molecule has 54 valence electrons. The molecule has 2 heteroatoms. The van der Waals surface area contributed by atoms with Crippen LogP contribution in [0.1, 0.15) is 20.3 Å². The fourth-order valence-corrected chi connectivity index (χ4v) is 1.21. The summed E-state index contributed by atoms with van der Waals surface area (Å²) in [5.41, 5.74) is 0. The van der Waals surface area contributed by atoms with Crippen molar-refractivity contribution in [2.24, 2.45) is 0 Å². The second-order valence-electron chi connectivity index (χ2n) is 3.01. The molecule has 2 atom stereocenters. The van der Waals surface area contributed by atoms with Gasteiger partial charge in [0.1, 0.15) is 0 Å². The molecule has 1 aliphatic heterocycles. The van der Waals surface area contributed by atoms with Crippen molar-refractivity contribution >= 4 is 0 Å². The Morgan fingerprint density at radius 3 is 2.56 bits per heavy atom. The van der Waals surface area contributed by atoms with Crippen molar-refractivity contribution in [2.75, 3.05) is 13.6 Å². The molecule has 0 aromatic heterocycles. The first kappa shape index (κ1) is 7.03. The molecule has 1 fully saturated rings. The minimum absolute atomic E-state index is 0.564. The van der Waals surface area contributed by atoms with E-state index in [9.17, 15) is 0 Å². The number of rotatable bonds is 0. The molecule has 0 radical (unpaired) electrons. The van der Waals surface area contributed by atoms with Crippen LogP contribution in [-0.4, -0.2) is 30.7 Å². The molecule has 1 saturated heterocycles. The van der Waals surface area contributed by atoms with Crippen LogP contribution in [0.2, 0.25) is 0 Å². The van der Waals surface area contributed by atoms with Gasteiger partial charge >= 0.3 is 0 Å². The van der Waals surface area contributed by atoms with Crippen LogP contribution in [0.25, 0.3) is 0 Å². The molecule has 0 saturated carbocycles. The normalized spacial score (nSPS) is 39.0. The second-order valence-corrected chi connectivity index (χ2v) is 3.01. The van der Waals surface area contributed by atoms with Gasteiger partial charge in [-0.05, 0) is 27.3 Å². The van der Waals surface area contributed by atoms with Crippen molar-refractivity contribution in [3.05, 3.63) is 0 Å². The fraction of sp³-hybridized carbons (Fsp3) is 1.00. The van der Waals surface area contributed by atoms with Crippen LogP contribution < -0.4 is 5.32 Å². The average molecular weight is 128 g/mol. The molecule has 2 nitrogen and oxygen atoms in total. The number of nitrogens with zero attached hydrogens (tertiary/aromatic N) is 1. The van der Waals surface area contributed by atoms with Crippen molar-refractivity contribution in [1.29, 1.82) is 0 Å². The van der Waals surface area contributed by atoms with Gasteiger partial charge in [-0.3, -0.25) is 10.2 Å². The molecule has 0 amide bonds. The molecule has 1 N–H and O–H groups in total. The van der Waals surface area contributed by atoms with E-state index in [1.807, 2.05) is 0 Å². The monoisotopic (exact) mass is 128 g/mol. The fourth-order valence-electron chi connectivity index (χ4n) is 1.21. The van der Waals surface area contributed by atoms with Gasteiger partial charge in [-0.2, -0.15) is 0 Å². The maximum absolute atomic E-state index is 3.45. The molecule has 0 aromatic rings. The summed E-state index contributed by atoms with van der Waals surface area (Å²) in [5, 5.41) is 3.45. The third kappa shape index (κ3) is 1.66. The Balaban J connectivity index is 2.35. The average Bonchev–Trinajstić information content (AvgIpc) is 1.80. The molecule has 9 heavy (non-hydrogen) atoms. The van der Waals surface area contributed by atoms with E-state index in [2.05, 4.69) is 31.1 Å². The zero-order chi connectivity index (χ0) is 6.85. The quantitative estimate of drug-likeness (QED) is 0.515. The Labute approximate surface area is 57.2 Å². The Morgan fingerprint density at radius 1 is 1.44 bits per heavy atom. The number of hydrogen-bond donors (Lipinski definition) is 1. The van der Waals surface area contributed by atoms with E-state index in [1.54, 1.807) is 0 Å². The van der Waals surface area contributed by atoms with Crippen molar-refractivity contribution in [3.8, 4) is 0 Å². The van der Waals surface area contributed by atoms with Crippen LogP contribution in [0.5, 0.6) is 0 Å². The highest BCUT2D eigenvalue weighted by Crippen LogP contribution is 2.04. The molecule has 0 aliphatic carbocycles. The summed E-state index contributed by atoms with van der Waals surface area (Å²) in [6, 6.07) is 0.705. The molecule has 0 aromatic carbocycles. The van der Waals surface area contributed by atoms with Gasteiger partial charge in [0, 0.05) is 12.6 Å². The van der Waals surface area contributed by atoms with Crippen molar-refractivity contribution in [3.63, 3.8) is 0 Å². The third-order valence-corrected chi connectivity index (χ3v) is 2.10. The van der Waals surface area contributed by atoms with E-state index in [4.69, 9.17) is 0 Å². The smallest absolute Gasteiger partial charge is 0.0567 e. The van der Waals surface area contributed by atoms with Crippen LogP contribution in [0, 0.1) is 0 Å². The zero-order valence-electron chi connectivity index (χ0n) is 6.52. The zero-order valence-corrected chi connectivity index (χ0v) is 6.52. The van der Waals surface area contributed by atoms with Gasteiger partial charge in [0.15, 0.2) is 0 Å². The lowest BCUT2D eigenvalue weighted by Gasteiger charge is -2.34. The molecule has 1 rings (SSSR count). The van der Waals surface area contributed by atoms with E-state index >= 15 is 0 Å². The first-order chi connectivity index (χ1) is 4.20. The Hall–Kier alpha value is -0.0800. The summed E-state index contributed by atoms with van der Waals surface area (Å²) < 4.78 is 0. The highest BCUT2D eigenvalue weighted by atomic mass is 15.3. The second kappa shape index (κ2) is 2.67. The minimum Gasteiger partial charge on any atom is -0.299 e. The predicted molar refractivity (Wildman–Crippen MR) is 39.3 cm³/mol. The van der Waals surface area contributed by atoms with E-state index in [0.29, 0.717) is 12.2 Å². The summed E-state index contributed by atoms with van der Waals surface area (Å²) in [4.78, 5) is 2.33. The van der Waals surface area contributed by atoms with Gasteiger partial charge < -0.3 is 0 Å². The van der Waals surface area contributed by atoms with E-state index < -0.39 is 0 Å². The van der Waals surface area contributed by atoms with Gasteiger partial charge in [-0.1, -0.05) is 0 Å². The summed E-state index contributed by atoms with van der Waals surface area (Å²) in [6.07, 6.45) is 1.84. The third-order valence-electron chi connectivity index (χ3n) is 2.10. The van der Waals surface area contributed by atoms with Crippen LogP contribution in [0.4, 0.5) is 0 Å². The van der Waals surface area contributed by atoms with Crippen LogP contribution >= 0.6 is 0 Å². The maximum Gasteiger partial charge on any atom is 0.0567 e. The number of nitrogens with one attached hydrogen (secondary N) is 1.